The molecule has 0 aliphatic carbocycles. The smallest absolute Gasteiger partial charge is 0.258 e. The number of benzene rings is 1. The first-order chi connectivity index (χ1) is 9.92. The van der Waals surface area contributed by atoms with Crippen LogP contribution in [0.3, 0.4) is 0 Å². The van der Waals surface area contributed by atoms with E-state index in [1.807, 2.05) is 45.0 Å². The molecule has 1 rings (SSSR count). The minimum atomic E-state index is -0.234. The molecule has 0 spiro atoms. The SMILES string of the molecule is CCCCNCc1ccccc1OCC(=O)NC(C)(C)C. The van der Waals surface area contributed by atoms with Crippen LogP contribution in [0, 0.1) is 0 Å². The standard InChI is InChI=1S/C17H28N2O2/c1-5-6-11-18-12-14-9-7-8-10-15(14)21-13-16(20)19-17(2,3)4/h7-10,18H,5-6,11-13H2,1-4H3,(H,19,20). The van der Waals surface area contributed by atoms with Crippen molar-refractivity contribution in [3.05, 3.63) is 29.8 Å². The highest BCUT2D eigenvalue weighted by Crippen LogP contribution is 2.17. The number of para-hydroxylation sites is 1. The van der Waals surface area contributed by atoms with E-state index in [4.69, 9.17) is 4.74 Å². The van der Waals surface area contributed by atoms with E-state index in [-0.39, 0.29) is 18.1 Å². The van der Waals surface area contributed by atoms with Crippen molar-refractivity contribution >= 4 is 5.91 Å². The van der Waals surface area contributed by atoms with Crippen LogP contribution in [-0.2, 0) is 11.3 Å². The van der Waals surface area contributed by atoms with Crippen molar-refractivity contribution in [2.45, 2.75) is 52.6 Å². The first-order valence-electron chi connectivity index (χ1n) is 7.65. The maximum atomic E-state index is 11.8. The molecule has 2 N–H and O–H groups in total. The monoisotopic (exact) mass is 292 g/mol. The number of carbonyl (C=O) groups excluding carboxylic acids is 1. The van der Waals surface area contributed by atoms with Crippen LogP contribution >= 0.6 is 0 Å². The van der Waals surface area contributed by atoms with Gasteiger partial charge in [0.25, 0.3) is 5.91 Å². The summed E-state index contributed by atoms with van der Waals surface area (Å²) in [6.45, 7) is 9.84. The summed E-state index contributed by atoms with van der Waals surface area (Å²) in [5.74, 6) is 0.668. The molecular weight excluding hydrogens is 264 g/mol. The average molecular weight is 292 g/mol. The van der Waals surface area contributed by atoms with Crippen molar-refractivity contribution in [2.75, 3.05) is 13.2 Å². The number of unbranched alkanes of at least 4 members (excludes halogenated alkanes) is 1. The van der Waals surface area contributed by atoms with Gasteiger partial charge in [-0.15, -0.1) is 0 Å². The number of nitrogens with one attached hydrogen (secondary N) is 2. The van der Waals surface area contributed by atoms with Crippen LogP contribution in [0.1, 0.15) is 46.1 Å². The van der Waals surface area contributed by atoms with E-state index in [2.05, 4.69) is 17.6 Å². The van der Waals surface area contributed by atoms with Crippen LogP contribution in [-0.4, -0.2) is 24.6 Å². The molecule has 4 heteroatoms. The lowest BCUT2D eigenvalue weighted by atomic mass is 10.1. The summed E-state index contributed by atoms with van der Waals surface area (Å²) >= 11 is 0. The average Bonchev–Trinajstić information content (AvgIpc) is 2.40. The second-order valence-corrected chi connectivity index (χ2v) is 6.22. The van der Waals surface area contributed by atoms with E-state index < -0.39 is 0 Å². The lowest BCUT2D eigenvalue weighted by molar-refractivity contribution is -0.124. The van der Waals surface area contributed by atoms with Crippen LogP contribution in [0.2, 0.25) is 0 Å². The number of hydrogen-bond acceptors (Lipinski definition) is 3. The van der Waals surface area contributed by atoms with Crippen molar-refractivity contribution in [3.63, 3.8) is 0 Å². The summed E-state index contributed by atoms with van der Waals surface area (Å²) < 4.78 is 5.65. The molecule has 0 saturated carbocycles. The van der Waals surface area contributed by atoms with Gasteiger partial charge in [-0.05, 0) is 39.8 Å². The number of hydrogen-bond donors (Lipinski definition) is 2. The Morgan fingerprint density at radius 3 is 2.62 bits per heavy atom. The largest absolute Gasteiger partial charge is 0.483 e. The molecule has 0 aromatic heterocycles. The van der Waals surface area contributed by atoms with E-state index in [1.165, 1.54) is 6.42 Å². The molecule has 0 saturated heterocycles. The topological polar surface area (TPSA) is 50.4 Å². The molecule has 0 aliphatic rings. The van der Waals surface area contributed by atoms with Gasteiger partial charge in [-0.25, -0.2) is 0 Å². The van der Waals surface area contributed by atoms with Gasteiger partial charge in [0.1, 0.15) is 5.75 Å². The zero-order valence-electron chi connectivity index (χ0n) is 13.7. The fraction of sp³-hybridized carbons (Fsp3) is 0.588. The zero-order chi connectivity index (χ0) is 15.7. The Bertz CT molecular complexity index is 439. The third kappa shape index (κ3) is 7.71. The van der Waals surface area contributed by atoms with Gasteiger partial charge in [-0.1, -0.05) is 31.5 Å². The van der Waals surface area contributed by atoms with E-state index in [0.29, 0.717) is 0 Å². The van der Waals surface area contributed by atoms with E-state index in [0.717, 1.165) is 30.8 Å². The van der Waals surface area contributed by atoms with Crippen molar-refractivity contribution < 1.29 is 9.53 Å². The first kappa shape index (κ1) is 17.5. The summed E-state index contributed by atoms with van der Waals surface area (Å²) in [5.41, 5.74) is 0.846. The number of rotatable bonds is 8. The summed E-state index contributed by atoms with van der Waals surface area (Å²) in [6.07, 6.45) is 2.34. The van der Waals surface area contributed by atoms with Crippen LogP contribution in [0.25, 0.3) is 0 Å². The second kappa shape index (κ2) is 8.67. The highest BCUT2D eigenvalue weighted by molar-refractivity contribution is 5.78. The van der Waals surface area contributed by atoms with E-state index in [1.54, 1.807) is 0 Å². The molecule has 0 heterocycles. The molecule has 1 aromatic rings. The molecule has 21 heavy (non-hydrogen) atoms. The van der Waals surface area contributed by atoms with Crippen molar-refractivity contribution in [3.8, 4) is 5.75 Å². The van der Waals surface area contributed by atoms with Gasteiger partial charge in [0, 0.05) is 17.6 Å². The molecule has 4 nitrogen and oxygen atoms in total. The molecule has 1 amide bonds. The van der Waals surface area contributed by atoms with Gasteiger partial charge in [-0.2, -0.15) is 0 Å². The molecule has 0 radical (unpaired) electrons. The Balaban J connectivity index is 2.49. The fourth-order valence-electron chi connectivity index (χ4n) is 1.91. The maximum Gasteiger partial charge on any atom is 0.258 e. The van der Waals surface area contributed by atoms with Crippen molar-refractivity contribution in [1.29, 1.82) is 0 Å². The van der Waals surface area contributed by atoms with Gasteiger partial charge in [0.05, 0.1) is 0 Å². The molecule has 0 unspecified atom stereocenters. The minimum Gasteiger partial charge on any atom is -0.483 e. The molecule has 0 bridgehead atoms. The Kier molecular flexibility index (Phi) is 7.23. The summed E-state index contributed by atoms with van der Waals surface area (Å²) in [6, 6.07) is 7.84. The van der Waals surface area contributed by atoms with Crippen LogP contribution in [0.5, 0.6) is 5.75 Å². The molecule has 0 aliphatic heterocycles. The first-order valence-corrected chi connectivity index (χ1v) is 7.65. The number of amides is 1. The van der Waals surface area contributed by atoms with Crippen LogP contribution in [0.4, 0.5) is 0 Å². The van der Waals surface area contributed by atoms with Gasteiger partial charge in [-0.3, -0.25) is 4.79 Å². The van der Waals surface area contributed by atoms with Gasteiger partial charge >= 0.3 is 0 Å². The Hall–Kier alpha value is -1.55. The minimum absolute atomic E-state index is 0.0449. The van der Waals surface area contributed by atoms with Gasteiger partial charge < -0.3 is 15.4 Å². The van der Waals surface area contributed by atoms with Crippen molar-refractivity contribution in [1.82, 2.24) is 10.6 Å². The summed E-state index contributed by atoms with van der Waals surface area (Å²) in [4.78, 5) is 11.8. The lowest BCUT2D eigenvalue weighted by Gasteiger charge is -2.20. The molecule has 0 fully saturated rings. The normalized spacial score (nSPS) is 11.2. The Labute approximate surface area is 128 Å². The third-order valence-corrected chi connectivity index (χ3v) is 2.87. The molecule has 1 aromatic carbocycles. The second-order valence-electron chi connectivity index (χ2n) is 6.22. The molecular formula is C17H28N2O2. The highest BCUT2D eigenvalue weighted by Gasteiger charge is 2.14. The van der Waals surface area contributed by atoms with Crippen molar-refractivity contribution in [2.24, 2.45) is 0 Å². The van der Waals surface area contributed by atoms with Crippen LogP contribution < -0.4 is 15.4 Å². The Morgan fingerprint density at radius 1 is 1.24 bits per heavy atom. The summed E-state index contributed by atoms with van der Waals surface area (Å²) in [5, 5.41) is 6.28. The number of carbonyl (C=O) groups is 1. The Morgan fingerprint density at radius 2 is 1.95 bits per heavy atom. The van der Waals surface area contributed by atoms with Gasteiger partial charge in [0.2, 0.25) is 0 Å². The fourth-order valence-corrected chi connectivity index (χ4v) is 1.91. The van der Waals surface area contributed by atoms with E-state index >= 15 is 0 Å². The zero-order valence-corrected chi connectivity index (χ0v) is 13.7. The molecule has 0 atom stereocenters. The molecule has 118 valence electrons. The lowest BCUT2D eigenvalue weighted by Crippen LogP contribution is -2.43. The van der Waals surface area contributed by atoms with Gasteiger partial charge in [0.15, 0.2) is 6.61 Å². The van der Waals surface area contributed by atoms with Crippen LogP contribution in [0.15, 0.2) is 24.3 Å². The highest BCUT2D eigenvalue weighted by atomic mass is 16.5. The number of ether oxygens (including phenoxy) is 1. The quantitative estimate of drug-likeness (QED) is 0.724. The maximum absolute atomic E-state index is 11.8. The predicted octanol–water partition coefficient (Wildman–Crippen LogP) is 2.87. The summed E-state index contributed by atoms with van der Waals surface area (Å²) in [7, 11) is 0. The predicted molar refractivity (Wildman–Crippen MR) is 86.4 cm³/mol. The van der Waals surface area contributed by atoms with E-state index in [9.17, 15) is 4.79 Å². The third-order valence-electron chi connectivity index (χ3n) is 2.87.